The number of alkyl halides is 3. The van der Waals surface area contributed by atoms with Gasteiger partial charge in [0.1, 0.15) is 7.85 Å². The molecule has 1 saturated carbocycles. The van der Waals surface area contributed by atoms with Crippen LogP contribution in [0.4, 0.5) is 13.2 Å². The Labute approximate surface area is 198 Å². The van der Waals surface area contributed by atoms with Gasteiger partial charge in [-0.3, -0.25) is 4.79 Å². The Morgan fingerprint density at radius 2 is 1.91 bits per heavy atom. The Kier molecular flexibility index (Phi) is 6.01. The number of halogens is 3. The van der Waals surface area contributed by atoms with E-state index < -0.39 is 18.2 Å². The molecule has 0 spiro atoms. The average molecular weight is 464 g/mol. The van der Waals surface area contributed by atoms with Gasteiger partial charge in [-0.25, -0.2) is 0 Å². The normalized spacial score (nSPS) is 24.0. The highest BCUT2D eigenvalue weighted by atomic mass is 19.4. The summed E-state index contributed by atoms with van der Waals surface area (Å²) in [7, 11) is 6.06. The Morgan fingerprint density at radius 3 is 2.53 bits per heavy atom. The molecule has 2 aliphatic rings. The monoisotopic (exact) mass is 464 g/mol. The van der Waals surface area contributed by atoms with Gasteiger partial charge < -0.3 is 10.2 Å². The average Bonchev–Trinajstić information content (AvgIpc) is 3.19. The quantitative estimate of drug-likeness (QED) is 0.547. The smallest absolute Gasteiger partial charge is 0.374 e. The van der Waals surface area contributed by atoms with Crippen molar-refractivity contribution in [1.82, 2.24) is 5.32 Å². The molecule has 4 rings (SSSR count). The highest BCUT2D eigenvalue weighted by Gasteiger charge is 2.62. The number of terminal acetylenes is 1. The number of rotatable bonds is 4. The molecule has 174 valence electrons. The van der Waals surface area contributed by atoms with E-state index in [1.807, 2.05) is 0 Å². The fourth-order valence-electron chi connectivity index (χ4n) is 4.58. The van der Waals surface area contributed by atoms with Crippen LogP contribution in [0.15, 0.2) is 35.5 Å². The highest BCUT2D eigenvalue weighted by Crippen LogP contribution is 2.48. The predicted octanol–water partition coefficient (Wildman–Crippen LogP) is 4.13. The third kappa shape index (κ3) is 4.09. The van der Waals surface area contributed by atoms with Crippen molar-refractivity contribution in [1.29, 1.82) is 0 Å². The Hall–Kier alpha value is -3.21. The second kappa shape index (κ2) is 8.54. The van der Waals surface area contributed by atoms with Crippen LogP contribution in [-0.4, -0.2) is 31.7 Å². The summed E-state index contributed by atoms with van der Waals surface area (Å²) in [5, 5.41) is 6.77. The Bertz CT molecular complexity index is 1230. The van der Waals surface area contributed by atoms with Gasteiger partial charge in [0.25, 0.3) is 11.5 Å². The minimum Gasteiger partial charge on any atom is -0.374 e. The lowest BCUT2D eigenvalue weighted by Gasteiger charge is -2.32. The molecule has 1 atom stereocenters. The molecule has 1 N–H and O–H groups in total. The standard InChI is InChI=1S/C26H24BF3N2O2/c1-5-17-11-19(12-17)31-24(33)20-7-6-18(10-15(20)3)22-13-25(34-32-22,26(28,29)30)21-9-14(2)8-16(4)23(21)27/h1,6-10,17,19H,11-13H2,2-4H3,(H,31,33). The fraction of sp³-hybridized carbons (Fsp3) is 0.385. The van der Waals surface area contributed by atoms with E-state index in [2.05, 4.69) is 16.4 Å². The molecule has 0 bridgehead atoms. The summed E-state index contributed by atoms with van der Waals surface area (Å²) in [6, 6.07) is 8.00. The second-order valence-electron chi connectivity index (χ2n) is 9.21. The lowest BCUT2D eigenvalue weighted by molar-refractivity contribution is -0.275. The molecule has 0 aromatic heterocycles. The number of carbonyl (C=O) groups is 1. The third-order valence-electron chi connectivity index (χ3n) is 6.67. The summed E-state index contributed by atoms with van der Waals surface area (Å²) < 4.78 is 43.1. The zero-order valence-electron chi connectivity index (χ0n) is 19.2. The van der Waals surface area contributed by atoms with Crippen molar-refractivity contribution >= 4 is 24.9 Å². The number of benzene rings is 2. The van der Waals surface area contributed by atoms with Crippen molar-refractivity contribution in [3.8, 4) is 12.3 Å². The van der Waals surface area contributed by atoms with Gasteiger partial charge in [0.05, 0.1) is 5.71 Å². The minimum atomic E-state index is -4.75. The first-order valence-corrected chi connectivity index (χ1v) is 11.0. The summed E-state index contributed by atoms with van der Waals surface area (Å²) >= 11 is 0. The van der Waals surface area contributed by atoms with E-state index in [-0.39, 0.29) is 34.6 Å². The molecule has 8 heteroatoms. The van der Waals surface area contributed by atoms with Crippen LogP contribution in [0.1, 0.15) is 57.4 Å². The summed E-state index contributed by atoms with van der Waals surface area (Å²) in [4.78, 5) is 17.8. The van der Waals surface area contributed by atoms with Crippen LogP contribution in [0, 0.1) is 39.0 Å². The zero-order chi connectivity index (χ0) is 24.8. The number of amides is 1. The van der Waals surface area contributed by atoms with Gasteiger partial charge in [0, 0.05) is 29.5 Å². The molecule has 4 nitrogen and oxygen atoms in total. The number of nitrogens with one attached hydrogen (secondary N) is 1. The van der Waals surface area contributed by atoms with Crippen molar-refractivity contribution in [3.63, 3.8) is 0 Å². The van der Waals surface area contributed by atoms with Gasteiger partial charge in [-0.2, -0.15) is 13.2 Å². The van der Waals surface area contributed by atoms with Gasteiger partial charge in [-0.1, -0.05) is 39.9 Å². The van der Waals surface area contributed by atoms with E-state index in [0.717, 1.165) is 12.8 Å². The molecule has 1 fully saturated rings. The van der Waals surface area contributed by atoms with Crippen molar-refractivity contribution < 1.29 is 22.8 Å². The molecular weight excluding hydrogens is 440 g/mol. The molecular formula is C26H24BF3N2O2. The van der Waals surface area contributed by atoms with E-state index in [1.165, 1.54) is 6.07 Å². The van der Waals surface area contributed by atoms with Crippen LogP contribution >= 0.6 is 0 Å². The largest absolute Gasteiger partial charge is 0.435 e. The predicted molar refractivity (Wildman–Crippen MR) is 125 cm³/mol. The molecule has 34 heavy (non-hydrogen) atoms. The highest BCUT2D eigenvalue weighted by molar-refractivity contribution is 6.34. The summed E-state index contributed by atoms with van der Waals surface area (Å²) in [5.74, 6) is 2.62. The molecule has 2 aromatic rings. The molecule has 1 heterocycles. The topological polar surface area (TPSA) is 50.7 Å². The first-order valence-electron chi connectivity index (χ1n) is 11.0. The number of hydrogen-bond acceptors (Lipinski definition) is 3. The summed E-state index contributed by atoms with van der Waals surface area (Å²) in [5.41, 5.74) is 0.0798. The van der Waals surface area contributed by atoms with Crippen LogP contribution in [0.25, 0.3) is 0 Å². The van der Waals surface area contributed by atoms with Crippen LogP contribution in [0.2, 0.25) is 0 Å². The van der Waals surface area contributed by atoms with Gasteiger partial charge in [0.15, 0.2) is 0 Å². The zero-order valence-corrected chi connectivity index (χ0v) is 19.2. The van der Waals surface area contributed by atoms with Crippen LogP contribution in [0.3, 0.4) is 0 Å². The van der Waals surface area contributed by atoms with E-state index in [1.54, 1.807) is 45.0 Å². The first-order chi connectivity index (χ1) is 15.9. The number of nitrogens with zero attached hydrogens (tertiary/aromatic N) is 1. The maximum atomic E-state index is 14.4. The molecule has 0 saturated heterocycles. The minimum absolute atomic E-state index is 0.0330. The molecule has 1 aliphatic carbocycles. The SMILES string of the molecule is [B]c1c(C)cc(C)cc1C1(C(F)(F)F)CC(c2ccc(C(=O)NC3CC(C#C)C3)c(C)c2)=NO1. The Morgan fingerprint density at radius 1 is 1.21 bits per heavy atom. The van der Waals surface area contributed by atoms with Crippen LogP contribution in [0.5, 0.6) is 0 Å². The van der Waals surface area contributed by atoms with Gasteiger partial charge in [0.2, 0.25) is 0 Å². The van der Waals surface area contributed by atoms with E-state index in [4.69, 9.17) is 19.1 Å². The number of hydrogen-bond donors (Lipinski definition) is 1. The van der Waals surface area contributed by atoms with E-state index in [0.29, 0.717) is 27.8 Å². The van der Waals surface area contributed by atoms with Gasteiger partial charge in [-0.15, -0.1) is 12.3 Å². The van der Waals surface area contributed by atoms with Crippen LogP contribution in [-0.2, 0) is 10.4 Å². The van der Waals surface area contributed by atoms with Gasteiger partial charge >= 0.3 is 6.18 Å². The van der Waals surface area contributed by atoms with Crippen molar-refractivity contribution in [2.45, 2.75) is 57.9 Å². The third-order valence-corrected chi connectivity index (χ3v) is 6.67. The van der Waals surface area contributed by atoms with E-state index in [9.17, 15) is 18.0 Å². The number of carbonyl (C=O) groups excluding carboxylic acids is 1. The van der Waals surface area contributed by atoms with E-state index >= 15 is 0 Å². The van der Waals surface area contributed by atoms with Crippen molar-refractivity contribution in [3.05, 3.63) is 63.7 Å². The summed E-state index contributed by atoms with van der Waals surface area (Å²) in [6.45, 7) is 5.11. The first kappa shape index (κ1) is 23.9. The maximum absolute atomic E-state index is 14.4. The molecule has 1 unspecified atom stereocenters. The van der Waals surface area contributed by atoms with Crippen LogP contribution < -0.4 is 10.8 Å². The fourth-order valence-corrected chi connectivity index (χ4v) is 4.58. The molecule has 1 amide bonds. The Balaban J connectivity index is 1.59. The van der Waals surface area contributed by atoms with Crippen molar-refractivity contribution in [2.75, 3.05) is 0 Å². The van der Waals surface area contributed by atoms with Crippen molar-refractivity contribution in [2.24, 2.45) is 11.1 Å². The lowest BCUT2D eigenvalue weighted by Crippen LogP contribution is -2.46. The molecule has 2 aromatic carbocycles. The van der Waals surface area contributed by atoms with Gasteiger partial charge in [-0.05, 0) is 56.9 Å². The second-order valence-corrected chi connectivity index (χ2v) is 9.21. The summed E-state index contributed by atoms with van der Waals surface area (Å²) in [6.07, 6.45) is 1.60. The molecule has 1 aliphatic heterocycles. The molecule has 2 radical (unpaired) electrons. The lowest BCUT2D eigenvalue weighted by atomic mass is 9.75. The number of oxime groups is 1. The maximum Gasteiger partial charge on any atom is 0.435 e. The number of aryl methyl sites for hydroxylation is 3.